The molecular formula is C59H41N3S. The van der Waals surface area contributed by atoms with Gasteiger partial charge < -0.3 is 5.32 Å². The van der Waals surface area contributed by atoms with Crippen molar-refractivity contribution in [3.8, 4) is 44.6 Å². The minimum absolute atomic E-state index is 0.000607. The predicted octanol–water partition coefficient (Wildman–Crippen LogP) is 14.9. The second kappa shape index (κ2) is 15.1. The van der Waals surface area contributed by atoms with E-state index in [2.05, 4.69) is 199 Å². The highest BCUT2D eigenvalue weighted by atomic mass is 32.2. The summed E-state index contributed by atoms with van der Waals surface area (Å²) in [5, 5.41) is 7.04. The number of para-hydroxylation sites is 1. The van der Waals surface area contributed by atoms with Gasteiger partial charge in [-0.3, -0.25) is 4.98 Å². The smallest absolute Gasteiger partial charge is 0.0868 e. The number of hydrogen-bond acceptors (Lipinski definition) is 4. The molecule has 0 saturated heterocycles. The second-order valence-electron chi connectivity index (χ2n) is 16.4. The Morgan fingerprint density at radius 2 is 1.27 bits per heavy atom. The van der Waals surface area contributed by atoms with Gasteiger partial charge in [-0.2, -0.15) is 0 Å². The Bertz CT molecular complexity index is 3370. The van der Waals surface area contributed by atoms with Crippen molar-refractivity contribution in [1.82, 2.24) is 15.3 Å². The highest BCUT2D eigenvalue weighted by molar-refractivity contribution is 7.99. The van der Waals surface area contributed by atoms with Crippen molar-refractivity contribution < 1.29 is 0 Å². The number of rotatable bonds is 6. The highest BCUT2D eigenvalue weighted by Gasteiger charge is 2.51. The van der Waals surface area contributed by atoms with Crippen molar-refractivity contribution in [2.75, 3.05) is 0 Å². The van der Waals surface area contributed by atoms with Crippen LogP contribution in [0.15, 0.2) is 222 Å². The maximum atomic E-state index is 5.39. The lowest BCUT2D eigenvalue weighted by molar-refractivity contribution is 0.720. The van der Waals surface area contributed by atoms with E-state index in [4.69, 9.17) is 9.97 Å². The summed E-state index contributed by atoms with van der Waals surface area (Å²) < 4.78 is 0. The van der Waals surface area contributed by atoms with Gasteiger partial charge in [-0.15, -0.1) is 0 Å². The number of pyridine rings is 2. The van der Waals surface area contributed by atoms with Crippen molar-refractivity contribution in [3.63, 3.8) is 0 Å². The van der Waals surface area contributed by atoms with Crippen LogP contribution in [0.5, 0.6) is 0 Å². The van der Waals surface area contributed by atoms with Gasteiger partial charge >= 0.3 is 0 Å². The maximum absolute atomic E-state index is 5.39. The van der Waals surface area contributed by atoms with Crippen LogP contribution in [0.3, 0.4) is 0 Å². The summed E-state index contributed by atoms with van der Waals surface area (Å²) in [4.78, 5) is 13.0. The fourth-order valence-electron chi connectivity index (χ4n) is 10.2. The monoisotopic (exact) mass is 823 g/mol. The Balaban J connectivity index is 1.13. The first-order valence-electron chi connectivity index (χ1n) is 21.6. The average molecular weight is 824 g/mol. The van der Waals surface area contributed by atoms with Crippen molar-refractivity contribution >= 4 is 39.5 Å². The Morgan fingerprint density at radius 3 is 2.05 bits per heavy atom. The molecule has 0 amide bonds. The fraction of sp³-hybridized carbons (Fsp3) is 0.0508. The van der Waals surface area contributed by atoms with Gasteiger partial charge in [-0.25, -0.2) is 4.98 Å². The molecule has 3 aliphatic rings. The topological polar surface area (TPSA) is 37.8 Å². The molecule has 7 aromatic carbocycles. The molecule has 298 valence electrons. The number of aromatic nitrogens is 2. The summed E-state index contributed by atoms with van der Waals surface area (Å²) >= 11 is 1.88. The van der Waals surface area contributed by atoms with Gasteiger partial charge in [0.05, 0.1) is 34.1 Å². The third kappa shape index (κ3) is 5.90. The predicted molar refractivity (Wildman–Crippen MR) is 263 cm³/mol. The third-order valence-electron chi connectivity index (χ3n) is 12.9. The number of hydrogen-bond donors (Lipinski definition) is 1. The van der Waals surface area contributed by atoms with E-state index >= 15 is 0 Å². The number of allylic oxidation sites excluding steroid dienone is 5. The molecule has 1 aliphatic carbocycles. The Hall–Kier alpha value is -7.53. The molecule has 3 nitrogen and oxygen atoms in total. The van der Waals surface area contributed by atoms with E-state index in [9.17, 15) is 0 Å². The van der Waals surface area contributed by atoms with Crippen LogP contribution in [0.2, 0.25) is 0 Å². The molecule has 1 unspecified atom stereocenters. The molecule has 4 heterocycles. The first kappa shape index (κ1) is 37.2. The summed E-state index contributed by atoms with van der Waals surface area (Å²) in [5.41, 5.74) is 17.0. The van der Waals surface area contributed by atoms with Crippen LogP contribution >= 0.6 is 11.8 Å². The van der Waals surface area contributed by atoms with Crippen LogP contribution in [0.1, 0.15) is 46.6 Å². The first-order chi connectivity index (χ1) is 31.2. The van der Waals surface area contributed by atoms with Gasteiger partial charge in [0, 0.05) is 31.5 Å². The van der Waals surface area contributed by atoms with E-state index in [1.165, 1.54) is 59.7 Å². The van der Waals surface area contributed by atoms with E-state index in [-0.39, 0.29) is 6.04 Å². The molecule has 0 saturated carbocycles. The maximum Gasteiger partial charge on any atom is 0.0868 e. The number of nitrogens with one attached hydrogen (secondary N) is 1. The van der Waals surface area contributed by atoms with Gasteiger partial charge in [0.25, 0.3) is 0 Å². The van der Waals surface area contributed by atoms with E-state index in [1.54, 1.807) is 0 Å². The van der Waals surface area contributed by atoms with Gasteiger partial charge in [-0.05, 0) is 111 Å². The summed E-state index contributed by atoms with van der Waals surface area (Å²) in [6.07, 6.45) is 16.4. The molecular weight excluding hydrogens is 783 g/mol. The first-order valence-corrected chi connectivity index (χ1v) is 22.5. The lowest BCUT2D eigenvalue weighted by Crippen LogP contribution is -2.31. The van der Waals surface area contributed by atoms with E-state index < -0.39 is 5.41 Å². The molecule has 9 aromatic rings. The minimum atomic E-state index is -0.536. The number of benzene rings is 7. The van der Waals surface area contributed by atoms with E-state index in [0.717, 1.165) is 50.1 Å². The quantitative estimate of drug-likeness (QED) is 0.134. The van der Waals surface area contributed by atoms with Crippen LogP contribution in [-0.4, -0.2) is 9.97 Å². The van der Waals surface area contributed by atoms with Crippen molar-refractivity contribution in [1.29, 1.82) is 0 Å². The molecule has 2 aromatic heterocycles. The zero-order valence-corrected chi connectivity index (χ0v) is 35.5. The van der Waals surface area contributed by atoms with Crippen LogP contribution < -0.4 is 5.32 Å². The fourth-order valence-corrected chi connectivity index (χ4v) is 11.4. The van der Waals surface area contributed by atoms with Crippen LogP contribution in [0.25, 0.3) is 72.4 Å². The third-order valence-corrected chi connectivity index (χ3v) is 14.1. The molecule has 1 N–H and O–H groups in total. The molecule has 12 rings (SSSR count). The molecule has 1 atom stereocenters. The van der Waals surface area contributed by atoms with E-state index in [1.807, 2.05) is 43.1 Å². The summed E-state index contributed by atoms with van der Waals surface area (Å²) in [7, 11) is 0. The van der Waals surface area contributed by atoms with E-state index in [0.29, 0.717) is 0 Å². The Labute approximate surface area is 371 Å². The zero-order valence-electron chi connectivity index (χ0n) is 34.7. The van der Waals surface area contributed by atoms with Crippen molar-refractivity contribution in [2.45, 2.75) is 28.2 Å². The lowest BCUT2D eigenvalue weighted by Gasteiger charge is -2.39. The van der Waals surface area contributed by atoms with Crippen molar-refractivity contribution in [3.05, 3.63) is 246 Å². The van der Waals surface area contributed by atoms with Gasteiger partial charge in [0.2, 0.25) is 0 Å². The molecule has 0 fully saturated rings. The van der Waals surface area contributed by atoms with Crippen LogP contribution in [0.4, 0.5) is 0 Å². The number of dihydropyridines is 1. The highest BCUT2D eigenvalue weighted by Crippen LogP contribution is 2.65. The number of fused-ring (bicyclic) bond motifs is 13. The van der Waals surface area contributed by atoms with Gasteiger partial charge in [0.15, 0.2) is 0 Å². The lowest BCUT2D eigenvalue weighted by atomic mass is 9.67. The summed E-state index contributed by atoms with van der Waals surface area (Å²) in [6, 6.07) is 62.9. The summed E-state index contributed by atoms with van der Waals surface area (Å²) in [5.74, 6) is 0. The standard InChI is InChI=1S/C59H41N3S/c1-2-3-5-19-42-36-41(37-52(61-42)51-26-14-15-35-60-51)38-29-31-39(32-30-38)43-21-16-24-48-56(43)57-49(59(48)46-22-9-12-27-53(46)63-54-28-13-10-23-47(54)59)34-33-45-55(57)44-20-8-11-25-50(44)62-58(45)40-17-6-4-7-18-40/h2-37,51,60H,1H3/b3-2-,19-5+. The average Bonchev–Trinajstić information content (AvgIpc) is 3.65. The van der Waals surface area contributed by atoms with Crippen molar-refractivity contribution in [2.24, 2.45) is 0 Å². The molecule has 0 radical (unpaired) electrons. The second-order valence-corrected chi connectivity index (χ2v) is 17.5. The largest absolute Gasteiger partial charge is 0.379 e. The Kier molecular flexibility index (Phi) is 8.94. The number of nitrogens with zero attached hydrogens (tertiary/aromatic N) is 2. The normalized spacial score (nSPS) is 15.5. The molecule has 1 spiro atoms. The zero-order chi connectivity index (χ0) is 41.9. The van der Waals surface area contributed by atoms with Crippen LogP contribution in [0, 0.1) is 0 Å². The van der Waals surface area contributed by atoms with Gasteiger partial charge in [-0.1, -0.05) is 182 Å². The van der Waals surface area contributed by atoms with Crippen LogP contribution in [-0.2, 0) is 5.41 Å². The minimum Gasteiger partial charge on any atom is -0.379 e. The van der Waals surface area contributed by atoms with Gasteiger partial charge in [0.1, 0.15) is 0 Å². The molecule has 2 aliphatic heterocycles. The molecule has 4 heteroatoms. The SMILES string of the molecule is C/C=C\C=C\c1cc(-c2ccc(-c3cccc4c3-c3c(ccc5c(-c6ccccc6)nc6ccccc6c35)C43c4ccccc4Sc4ccccc43)cc2)cc(C2C=CC=CN2)n1. The molecule has 63 heavy (non-hydrogen) atoms. The summed E-state index contributed by atoms with van der Waals surface area (Å²) in [6.45, 7) is 2.03. The molecule has 0 bridgehead atoms. The Morgan fingerprint density at radius 1 is 0.556 bits per heavy atom.